The minimum atomic E-state index is -0.409. The lowest BCUT2D eigenvalue weighted by molar-refractivity contribution is -0.108. The number of fused-ring (bicyclic) bond motifs is 10. The highest BCUT2D eigenvalue weighted by molar-refractivity contribution is 7.79. The number of nitrogens with two attached hydrogens (primary N) is 1. The fraction of sp³-hybridized carbons (Fsp3) is 0.211. The highest BCUT2D eigenvalue weighted by Crippen LogP contribution is 2.63. The molecule has 4 aliphatic rings. The first-order chi connectivity index (χ1) is 23.7. The van der Waals surface area contributed by atoms with Crippen LogP contribution >= 0.6 is 71.0 Å². The number of hydrogen-bond donors (Lipinski definition) is 4. The number of allylic oxidation sites excluding steroid dienone is 8. The van der Waals surface area contributed by atoms with E-state index in [9.17, 15) is 8.78 Å². The summed E-state index contributed by atoms with van der Waals surface area (Å²) in [5, 5.41) is 14.5. The lowest BCUT2D eigenvalue weighted by Gasteiger charge is -2.24. The van der Waals surface area contributed by atoms with Crippen molar-refractivity contribution in [3.63, 3.8) is 0 Å². The predicted molar refractivity (Wildman–Crippen MR) is 219 cm³/mol. The molecule has 4 heterocycles. The normalized spacial score (nSPS) is 20.8. The largest absolute Gasteiger partial charge is 0.298 e. The number of thiol groups is 2. The van der Waals surface area contributed by atoms with Crippen LogP contribution in [-0.4, -0.2) is 22.8 Å². The zero-order valence-electron chi connectivity index (χ0n) is 27.7. The second-order valence-electron chi connectivity index (χ2n) is 14.2. The molecule has 0 spiro atoms. The Kier molecular flexibility index (Phi) is 6.95. The standard InChI is InChI=1S/C38H28F2N4S6/c1-13-19(39)9-21(41)31(43-45)27(13)23-11-25-35(47-23)29-33(49-25)15-7-18-16(8-17(15)37(29,3)4)34-30(38(18,5)6)36-26(50-34)12-24(48-36)28-14(2)20(40)10-22(42)32(28)44-46/h7-12,41-42,45-46H,1-6H3/p+1/b41-21?,42-22?,43-31+,44-32+. The van der Waals surface area contributed by atoms with Gasteiger partial charge < -0.3 is 0 Å². The molecule has 0 amide bonds. The predicted octanol–water partition coefficient (Wildman–Crippen LogP) is 10.9. The number of hydrogen-bond acceptors (Lipinski definition) is 9. The first-order valence-electron chi connectivity index (χ1n) is 15.9. The Hall–Kier alpha value is -3.26. The molecule has 1 aromatic carbocycles. The van der Waals surface area contributed by atoms with Gasteiger partial charge in [0.05, 0.1) is 15.1 Å². The summed E-state index contributed by atoms with van der Waals surface area (Å²) >= 11 is 15.2. The summed E-state index contributed by atoms with van der Waals surface area (Å²) in [6.07, 6.45) is 2.53. The first kappa shape index (κ1) is 32.6. The third-order valence-corrected chi connectivity index (χ3v) is 16.0. The third-order valence-electron chi connectivity index (χ3n) is 10.7. The molecule has 50 heavy (non-hydrogen) atoms. The van der Waals surface area contributed by atoms with E-state index in [4.69, 9.17) is 10.8 Å². The van der Waals surface area contributed by atoms with Gasteiger partial charge in [0.25, 0.3) is 0 Å². The average Bonchev–Trinajstić information content (AvgIpc) is 3.86. The number of thiophene rings is 4. The molecular weight excluding hydrogens is 743 g/mol. The van der Waals surface area contributed by atoms with Crippen LogP contribution < -0.4 is 5.41 Å². The topological polar surface area (TPSA) is 74.2 Å². The fourth-order valence-electron chi connectivity index (χ4n) is 8.12. The molecule has 9 rings (SSSR count). The summed E-state index contributed by atoms with van der Waals surface area (Å²) in [6, 6.07) is 9.12. The molecule has 4 aromatic heterocycles. The van der Waals surface area contributed by atoms with Gasteiger partial charge >= 0.3 is 0 Å². The van der Waals surface area contributed by atoms with Crippen LogP contribution in [0.15, 0.2) is 68.0 Å². The Morgan fingerprint density at radius 2 is 1.12 bits per heavy atom. The number of benzene rings is 1. The minimum absolute atomic E-state index is 0.0284. The highest BCUT2D eigenvalue weighted by Gasteiger charge is 2.46. The van der Waals surface area contributed by atoms with E-state index in [1.807, 2.05) is 0 Å². The quantitative estimate of drug-likeness (QED) is 0.102. The van der Waals surface area contributed by atoms with E-state index in [1.165, 1.54) is 69.4 Å². The number of rotatable bonds is 2. The van der Waals surface area contributed by atoms with Crippen molar-refractivity contribution in [2.24, 2.45) is 8.80 Å². The van der Waals surface area contributed by atoms with Crippen LogP contribution in [0.4, 0.5) is 8.78 Å². The van der Waals surface area contributed by atoms with Gasteiger partial charge in [0.1, 0.15) is 17.4 Å². The van der Waals surface area contributed by atoms with Crippen LogP contribution in [0.2, 0.25) is 0 Å². The van der Waals surface area contributed by atoms with Crippen molar-refractivity contribution in [3.8, 4) is 20.9 Å². The average molecular weight is 772 g/mol. The smallest absolute Gasteiger partial charge is 0.226 e. The molecule has 250 valence electrons. The van der Waals surface area contributed by atoms with Crippen molar-refractivity contribution in [1.82, 2.24) is 0 Å². The Bertz CT molecular complexity index is 2510. The summed E-state index contributed by atoms with van der Waals surface area (Å²) in [4.78, 5) is 4.41. The monoisotopic (exact) mass is 771 g/mol. The highest BCUT2D eigenvalue weighted by atomic mass is 32.1. The Morgan fingerprint density at radius 1 is 0.680 bits per heavy atom. The summed E-state index contributed by atoms with van der Waals surface area (Å²) in [5.41, 5.74) is 10.8. The van der Waals surface area contributed by atoms with E-state index in [1.54, 1.807) is 59.2 Å². The van der Waals surface area contributed by atoms with E-state index in [-0.39, 0.29) is 28.1 Å². The maximum Gasteiger partial charge on any atom is 0.226 e. The molecule has 4 nitrogen and oxygen atoms in total. The van der Waals surface area contributed by atoms with Crippen molar-refractivity contribution in [3.05, 3.63) is 91.2 Å². The summed E-state index contributed by atoms with van der Waals surface area (Å²) in [7, 11) is 0. The Morgan fingerprint density at radius 3 is 1.58 bits per heavy atom. The second kappa shape index (κ2) is 10.6. The van der Waals surface area contributed by atoms with E-state index >= 15 is 0 Å². The van der Waals surface area contributed by atoms with Crippen molar-refractivity contribution < 1.29 is 14.2 Å². The molecular formula is C38H29F2N4S6+. The lowest BCUT2D eigenvalue weighted by atomic mass is 9.79. The molecule has 3 N–H and O–H groups in total. The van der Waals surface area contributed by atoms with Crippen molar-refractivity contribution in [2.45, 2.75) is 52.4 Å². The molecule has 4 aliphatic carbocycles. The summed E-state index contributed by atoms with van der Waals surface area (Å²) < 4.78 is 42.7. The molecule has 0 saturated heterocycles. The number of halogens is 2. The molecule has 5 aromatic rings. The molecule has 12 heteroatoms. The molecule has 0 aliphatic heterocycles. The van der Waals surface area contributed by atoms with Gasteiger partial charge in [-0.05, 0) is 108 Å². The molecule has 0 atom stereocenters. The zero-order valence-corrected chi connectivity index (χ0v) is 32.8. The van der Waals surface area contributed by atoms with Crippen LogP contribution in [0.1, 0.15) is 73.6 Å². The van der Waals surface area contributed by atoms with Gasteiger partial charge in [0, 0.05) is 63.0 Å². The zero-order chi connectivity index (χ0) is 35.3. The molecule has 0 radical (unpaired) electrons. The van der Waals surface area contributed by atoms with Crippen molar-refractivity contribution in [1.29, 1.82) is 5.41 Å². The summed E-state index contributed by atoms with van der Waals surface area (Å²) in [6.45, 7) is 12.7. The third kappa shape index (κ3) is 4.09. The van der Waals surface area contributed by atoms with Crippen LogP contribution in [0, 0.1) is 5.41 Å². The second-order valence-corrected chi connectivity index (χ2v) is 18.8. The van der Waals surface area contributed by atoms with E-state index < -0.39 is 5.83 Å². The molecule has 0 fully saturated rings. The minimum Gasteiger partial charge on any atom is -0.298 e. The maximum absolute atomic E-state index is 14.9. The van der Waals surface area contributed by atoms with Gasteiger partial charge in [0.15, 0.2) is 5.71 Å². The number of nitrogens with zero attached hydrogens (tertiary/aromatic N) is 2. The van der Waals surface area contributed by atoms with Gasteiger partial charge in [-0.25, -0.2) is 17.6 Å². The van der Waals surface area contributed by atoms with Crippen LogP contribution in [0.3, 0.4) is 0 Å². The van der Waals surface area contributed by atoms with E-state index in [0.29, 0.717) is 33.7 Å². The van der Waals surface area contributed by atoms with Crippen LogP contribution in [0.25, 0.3) is 50.8 Å². The van der Waals surface area contributed by atoms with Gasteiger partial charge in [-0.2, -0.15) is 0 Å². The van der Waals surface area contributed by atoms with Crippen molar-refractivity contribution in [2.75, 3.05) is 0 Å². The SMILES string of the molecule is CC1=C(c2cc3sc4c(c3s2)C(C)(C)c2cc3c(cc2-4)C(C)(C)c2c-3sc3cc(C4=C(C)C(F)=CC(=[NH2+])/C4=N\S)sc23)/C(=N/S)C(=N)C=C1F. The van der Waals surface area contributed by atoms with Crippen LogP contribution in [-0.2, 0) is 10.8 Å². The van der Waals surface area contributed by atoms with Crippen LogP contribution in [0.5, 0.6) is 0 Å². The number of nitrogens with one attached hydrogen (secondary N) is 1. The molecule has 0 saturated carbocycles. The van der Waals surface area contributed by atoms with Gasteiger partial charge in [0.2, 0.25) is 5.71 Å². The fourth-order valence-corrected chi connectivity index (χ4v) is 14.7. The maximum atomic E-state index is 14.9. The van der Waals surface area contributed by atoms with Gasteiger partial charge in [-0.15, -0.1) is 45.3 Å². The Labute approximate surface area is 314 Å². The van der Waals surface area contributed by atoms with Gasteiger partial charge in [-0.1, -0.05) is 27.7 Å². The van der Waals surface area contributed by atoms with E-state index in [0.717, 1.165) is 14.5 Å². The van der Waals surface area contributed by atoms with Crippen molar-refractivity contribution >= 4 is 124 Å². The Balaban J connectivity index is 1.17. The molecule has 0 bridgehead atoms. The molecule has 0 unspecified atom stereocenters. The lowest BCUT2D eigenvalue weighted by Crippen LogP contribution is -2.45. The van der Waals surface area contributed by atoms with E-state index in [2.05, 4.69) is 86.4 Å². The summed E-state index contributed by atoms with van der Waals surface area (Å²) in [5.74, 6) is -0.758. The van der Waals surface area contributed by atoms with Gasteiger partial charge in [-0.3, -0.25) is 10.8 Å². The first-order valence-corrected chi connectivity index (χ1v) is 19.9.